The average molecular weight is 430 g/mol. The van der Waals surface area contributed by atoms with Crippen LogP contribution in [0.1, 0.15) is 38.4 Å². The number of aryl methyl sites for hydroxylation is 1. The number of carbonyl (C=O) groups excluding carboxylic acids is 1. The van der Waals surface area contributed by atoms with E-state index < -0.39 is 5.54 Å². The van der Waals surface area contributed by atoms with E-state index in [1.807, 2.05) is 64.1 Å². The van der Waals surface area contributed by atoms with Gasteiger partial charge in [-0.1, -0.05) is 51.1 Å². The van der Waals surface area contributed by atoms with Crippen molar-refractivity contribution in [3.63, 3.8) is 0 Å². The first-order valence-electron chi connectivity index (χ1n) is 9.25. The Morgan fingerprint density at radius 2 is 1.96 bits per heavy atom. The molecule has 27 heavy (non-hydrogen) atoms. The lowest BCUT2D eigenvalue weighted by atomic mass is 10.2. The molecule has 6 heteroatoms. The lowest BCUT2D eigenvalue weighted by Gasteiger charge is -2.17. The molecule has 0 bridgehead atoms. The summed E-state index contributed by atoms with van der Waals surface area (Å²) in [6, 6.07) is 11.6. The van der Waals surface area contributed by atoms with Gasteiger partial charge in [-0.25, -0.2) is 14.5 Å². The van der Waals surface area contributed by atoms with Crippen molar-refractivity contribution >= 4 is 32.9 Å². The van der Waals surface area contributed by atoms with Crippen LogP contribution in [0.2, 0.25) is 0 Å². The van der Waals surface area contributed by atoms with Crippen molar-refractivity contribution in [2.45, 2.75) is 46.3 Å². The Morgan fingerprint density at radius 3 is 2.59 bits per heavy atom. The molecule has 1 aliphatic rings. The van der Waals surface area contributed by atoms with Crippen molar-refractivity contribution in [2.24, 2.45) is 5.92 Å². The molecule has 142 valence electrons. The number of hydrogen-bond acceptors (Lipinski definition) is 4. The number of rotatable bonds is 4. The van der Waals surface area contributed by atoms with Crippen LogP contribution in [0.3, 0.4) is 0 Å². The van der Waals surface area contributed by atoms with E-state index in [9.17, 15) is 4.79 Å². The molecule has 5 nitrogen and oxygen atoms in total. The van der Waals surface area contributed by atoms with Crippen LogP contribution in [0.25, 0.3) is 11.0 Å². The molecule has 0 radical (unpaired) electrons. The number of nitrogens with zero attached hydrogens (tertiary/aromatic N) is 3. The molecule has 2 unspecified atom stereocenters. The summed E-state index contributed by atoms with van der Waals surface area (Å²) in [5.41, 5.74) is 1.79. The number of halogens is 1. The van der Waals surface area contributed by atoms with Gasteiger partial charge in [0.15, 0.2) is 11.2 Å². The van der Waals surface area contributed by atoms with Crippen molar-refractivity contribution in [1.29, 1.82) is 0 Å². The maximum atomic E-state index is 12.9. The highest BCUT2D eigenvalue weighted by molar-refractivity contribution is 9.10. The molecule has 1 saturated carbocycles. The summed E-state index contributed by atoms with van der Waals surface area (Å²) in [7, 11) is 0. The second-order valence-corrected chi connectivity index (χ2v) is 7.43. The van der Waals surface area contributed by atoms with Crippen molar-refractivity contribution in [1.82, 2.24) is 14.8 Å². The molecular weight excluding hydrogens is 406 g/mol. The van der Waals surface area contributed by atoms with E-state index in [0.717, 1.165) is 21.1 Å². The van der Waals surface area contributed by atoms with Crippen LogP contribution < -0.4 is 0 Å². The first kappa shape index (κ1) is 19.5. The van der Waals surface area contributed by atoms with Gasteiger partial charge in [0.05, 0.1) is 11.1 Å². The summed E-state index contributed by atoms with van der Waals surface area (Å²) in [5, 5.41) is 5.58. The third-order valence-corrected chi connectivity index (χ3v) is 5.57. The lowest BCUT2D eigenvalue weighted by molar-refractivity contribution is -0.151. The number of fused-ring (bicyclic) bond motifs is 1. The highest BCUT2D eigenvalue weighted by Gasteiger charge is 2.62. The van der Waals surface area contributed by atoms with Crippen LogP contribution in [0, 0.1) is 12.8 Å². The first-order chi connectivity index (χ1) is 13.0. The van der Waals surface area contributed by atoms with Crippen LogP contribution in [0.5, 0.6) is 0 Å². The highest BCUT2D eigenvalue weighted by Crippen LogP contribution is 2.52. The lowest BCUT2D eigenvalue weighted by Crippen LogP contribution is -2.33. The first-order valence-corrected chi connectivity index (χ1v) is 10.0. The summed E-state index contributed by atoms with van der Waals surface area (Å²) in [5.74, 6) is -0.0749. The third kappa shape index (κ3) is 3.38. The van der Waals surface area contributed by atoms with Gasteiger partial charge in [0.25, 0.3) is 0 Å². The van der Waals surface area contributed by atoms with Gasteiger partial charge < -0.3 is 4.74 Å². The Morgan fingerprint density at radius 1 is 1.30 bits per heavy atom. The molecule has 0 N–H and O–H groups in total. The summed E-state index contributed by atoms with van der Waals surface area (Å²) in [6.07, 6.45) is 2.44. The maximum absolute atomic E-state index is 12.9. The van der Waals surface area contributed by atoms with Crippen LogP contribution in [0.15, 0.2) is 47.1 Å². The Balaban J connectivity index is 0.00000102. The molecule has 0 aliphatic heterocycles. The zero-order valence-electron chi connectivity index (χ0n) is 16.1. The van der Waals surface area contributed by atoms with E-state index in [4.69, 9.17) is 4.74 Å². The van der Waals surface area contributed by atoms with Gasteiger partial charge in [-0.3, -0.25) is 0 Å². The normalized spacial score (nSPS) is 20.7. The smallest absolute Gasteiger partial charge is 0.334 e. The summed E-state index contributed by atoms with van der Waals surface area (Å²) >= 11 is 3.55. The predicted octanol–water partition coefficient (Wildman–Crippen LogP) is 5.01. The second-order valence-electron chi connectivity index (χ2n) is 6.58. The third-order valence-electron chi connectivity index (χ3n) is 4.91. The molecular formula is C21H24BrN3O2. The zero-order chi connectivity index (χ0) is 19.6. The minimum atomic E-state index is -0.755. The van der Waals surface area contributed by atoms with E-state index in [2.05, 4.69) is 26.0 Å². The van der Waals surface area contributed by atoms with Gasteiger partial charge in [0.1, 0.15) is 6.61 Å². The number of pyridine rings is 1. The quantitative estimate of drug-likeness (QED) is 0.547. The zero-order valence-corrected chi connectivity index (χ0v) is 17.7. The molecule has 2 heterocycles. The fraction of sp³-hybridized carbons (Fsp3) is 0.381. The van der Waals surface area contributed by atoms with Gasteiger partial charge in [-0.2, -0.15) is 5.10 Å². The number of aromatic nitrogens is 3. The topological polar surface area (TPSA) is 57.0 Å². The van der Waals surface area contributed by atoms with Crippen molar-refractivity contribution in [2.75, 3.05) is 0 Å². The summed E-state index contributed by atoms with van der Waals surface area (Å²) < 4.78 is 8.33. The van der Waals surface area contributed by atoms with Crippen molar-refractivity contribution in [3.8, 4) is 0 Å². The van der Waals surface area contributed by atoms with Gasteiger partial charge in [-0.15, -0.1) is 0 Å². The molecule has 1 fully saturated rings. The fourth-order valence-corrected chi connectivity index (χ4v) is 3.95. The van der Waals surface area contributed by atoms with Crippen LogP contribution in [-0.2, 0) is 21.7 Å². The standard InChI is InChI=1S/C19H18BrN3O2.C2H6/c1-12-10-19(12,18(24)25-11-14-6-4-3-5-7-14)23-17-16(13(2)22-23)15(20)8-9-21-17;1-2/h3-9,12H,10-11H2,1-2H3;1-2H3. The van der Waals surface area contributed by atoms with E-state index in [0.29, 0.717) is 12.1 Å². The van der Waals surface area contributed by atoms with Crippen LogP contribution in [-0.4, -0.2) is 20.7 Å². The molecule has 2 atom stereocenters. The highest BCUT2D eigenvalue weighted by atomic mass is 79.9. The Labute approximate surface area is 167 Å². The number of ether oxygens (including phenoxy) is 1. The molecule has 4 rings (SSSR count). The Kier molecular flexibility index (Phi) is 5.65. The Hall–Kier alpha value is -2.21. The van der Waals surface area contributed by atoms with Crippen LogP contribution >= 0.6 is 15.9 Å². The molecule has 0 spiro atoms. The SMILES string of the molecule is CC.Cc1nn(C2(C(=O)OCc3ccccc3)CC2C)c2nccc(Br)c12. The van der Waals surface area contributed by atoms with E-state index in [1.165, 1.54) is 0 Å². The van der Waals surface area contributed by atoms with E-state index >= 15 is 0 Å². The number of hydrogen-bond donors (Lipinski definition) is 0. The summed E-state index contributed by atoms with van der Waals surface area (Å²) in [4.78, 5) is 17.4. The Bertz CT molecular complexity index is 955. The molecule has 2 aromatic heterocycles. The van der Waals surface area contributed by atoms with Crippen molar-refractivity contribution in [3.05, 3.63) is 58.3 Å². The maximum Gasteiger partial charge on any atom is 0.334 e. The van der Waals surface area contributed by atoms with Gasteiger partial charge >= 0.3 is 5.97 Å². The number of carbonyl (C=O) groups is 1. The molecule has 0 amide bonds. The van der Waals surface area contributed by atoms with E-state index in [1.54, 1.807) is 10.9 Å². The van der Waals surface area contributed by atoms with Crippen LogP contribution in [0.4, 0.5) is 0 Å². The molecule has 1 aliphatic carbocycles. The number of esters is 1. The monoisotopic (exact) mass is 429 g/mol. The largest absolute Gasteiger partial charge is 0.459 e. The van der Waals surface area contributed by atoms with Gasteiger partial charge in [0.2, 0.25) is 0 Å². The molecule has 0 saturated heterocycles. The molecule has 3 aromatic rings. The number of benzene rings is 1. The summed E-state index contributed by atoms with van der Waals surface area (Å²) in [6.45, 7) is 8.25. The predicted molar refractivity (Wildman–Crippen MR) is 109 cm³/mol. The second kappa shape index (κ2) is 7.80. The minimum absolute atomic E-state index is 0.166. The van der Waals surface area contributed by atoms with E-state index in [-0.39, 0.29) is 18.5 Å². The van der Waals surface area contributed by atoms with Gasteiger partial charge in [-0.05, 0) is 46.8 Å². The average Bonchev–Trinajstić information content (AvgIpc) is 3.25. The minimum Gasteiger partial charge on any atom is -0.459 e. The molecule has 1 aromatic carbocycles. The van der Waals surface area contributed by atoms with Gasteiger partial charge in [0, 0.05) is 10.7 Å². The fourth-order valence-electron chi connectivity index (χ4n) is 3.37. The van der Waals surface area contributed by atoms with Crippen molar-refractivity contribution < 1.29 is 9.53 Å².